The van der Waals surface area contributed by atoms with Crippen molar-refractivity contribution >= 4 is 5.82 Å². The summed E-state index contributed by atoms with van der Waals surface area (Å²) in [6.45, 7) is 6.45. The summed E-state index contributed by atoms with van der Waals surface area (Å²) in [5.41, 5.74) is 8.76. The van der Waals surface area contributed by atoms with Crippen molar-refractivity contribution in [1.82, 2.24) is 10.2 Å². The number of nitrogens with one attached hydrogen (secondary N) is 1. The van der Waals surface area contributed by atoms with Crippen LogP contribution < -0.4 is 15.2 Å². The Morgan fingerprint density at radius 2 is 1.80 bits per heavy atom. The fourth-order valence-corrected chi connectivity index (χ4v) is 2.11. The van der Waals surface area contributed by atoms with Crippen molar-refractivity contribution in [3.05, 3.63) is 23.9 Å². The number of hydrogen-bond donors (Lipinski definition) is 2. The van der Waals surface area contributed by atoms with Crippen LogP contribution in [0.15, 0.2) is 18.3 Å². The number of ether oxygens (including phenoxy) is 2. The summed E-state index contributed by atoms with van der Waals surface area (Å²) in [6, 6.07) is 4.07. The van der Waals surface area contributed by atoms with E-state index in [1.165, 1.54) is 0 Å². The Hall–Kier alpha value is -2.17. The topological polar surface area (TPSA) is 73.2 Å². The molecule has 0 saturated carbocycles. The van der Waals surface area contributed by atoms with Crippen LogP contribution in [0.2, 0.25) is 0 Å². The van der Waals surface area contributed by atoms with Crippen molar-refractivity contribution in [2.45, 2.75) is 26.2 Å². The molecule has 0 radical (unpaired) electrons. The maximum atomic E-state index is 5.93. The fourth-order valence-electron chi connectivity index (χ4n) is 2.11. The number of nitrogens with zero attached hydrogens (tertiary/aromatic N) is 1. The Bertz CT molecular complexity index is 612. The average Bonchev–Trinajstić information content (AvgIpc) is 2.82. The lowest BCUT2D eigenvalue weighted by Gasteiger charge is -2.23. The summed E-state index contributed by atoms with van der Waals surface area (Å²) in [4.78, 5) is 0. The number of rotatable bonds is 3. The molecular formula is C15H21N3O2. The van der Waals surface area contributed by atoms with Crippen molar-refractivity contribution in [3.63, 3.8) is 0 Å². The number of nitrogens with two attached hydrogens (primary N) is 1. The molecule has 108 valence electrons. The van der Waals surface area contributed by atoms with Gasteiger partial charge in [0.1, 0.15) is 5.82 Å². The minimum Gasteiger partial charge on any atom is -0.493 e. The monoisotopic (exact) mass is 275 g/mol. The Kier molecular flexibility index (Phi) is 3.61. The second-order valence-electron chi connectivity index (χ2n) is 5.71. The number of hydrogen-bond acceptors (Lipinski definition) is 4. The van der Waals surface area contributed by atoms with E-state index in [1.807, 2.05) is 6.07 Å². The van der Waals surface area contributed by atoms with Gasteiger partial charge in [-0.3, -0.25) is 5.10 Å². The predicted molar refractivity (Wildman–Crippen MR) is 80.2 cm³/mol. The molecule has 0 saturated heterocycles. The molecule has 3 N–H and O–H groups in total. The molecular weight excluding hydrogens is 254 g/mol. The number of anilines is 1. The first-order valence-corrected chi connectivity index (χ1v) is 6.44. The summed E-state index contributed by atoms with van der Waals surface area (Å²) in [7, 11) is 3.25. The molecule has 0 atom stereocenters. The normalized spacial score (nSPS) is 11.4. The van der Waals surface area contributed by atoms with Gasteiger partial charge < -0.3 is 15.2 Å². The number of benzene rings is 1. The summed E-state index contributed by atoms with van der Waals surface area (Å²) in [5, 5.41) is 6.72. The average molecular weight is 275 g/mol. The quantitative estimate of drug-likeness (QED) is 0.903. The van der Waals surface area contributed by atoms with Crippen LogP contribution in [-0.4, -0.2) is 24.4 Å². The molecule has 1 aromatic heterocycles. The lowest BCUT2D eigenvalue weighted by atomic mass is 9.85. The molecule has 0 spiro atoms. The highest BCUT2D eigenvalue weighted by molar-refractivity contribution is 5.81. The molecule has 0 unspecified atom stereocenters. The van der Waals surface area contributed by atoms with E-state index in [9.17, 15) is 0 Å². The highest BCUT2D eigenvalue weighted by Gasteiger charge is 2.22. The van der Waals surface area contributed by atoms with Crippen LogP contribution in [-0.2, 0) is 5.41 Å². The summed E-state index contributed by atoms with van der Waals surface area (Å²) < 4.78 is 10.9. The maximum absolute atomic E-state index is 5.93. The van der Waals surface area contributed by atoms with Crippen LogP contribution in [0.5, 0.6) is 11.5 Å². The third-order valence-corrected chi connectivity index (χ3v) is 3.30. The van der Waals surface area contributed by atoms with Crippen molar-refractivity contribution in [1.29, 1.82) is 0 Å². The van der Waals surface area contributed by atoms with Gasteiger partial charge in [0.15, 0.2) is 11.5 Å². The largest absolute Gasteiger partial charge is 0.493 e. The van der Waals surface area contributed by atoms with Crippen molar-refractivity contribution in [3.8, 4) is 22.6 Å². The lowest BCUT2D eigenvalue weighted by Crippen LogP contribution is -2.12. The molecule has 20 heavy (non-hydrogen) atoms. The first-order valence-electron chi connectivity index (χ1n) is 6.44. The summed E-state index contributed by atoms with van der Waals surface area (Å²) in [6.07, 6.45) is 1.69. The van der Waals surface area contributed by atoms with Gasteiger partial charge in [0, 0.05) is 11.1 Å². The summed E-state index contributed by atoms with van der Waals surface area (Å²) in [5.74, 6) is 1.86. The van der Waals surface area contributed by atoms with Crippen LogP contribution in [0, 0.1) is 0 Å². The van der Waals surface area contributed by atoms with E-state index in [-0.39, 0.29) is 5.41 Å². The third-order valence-electron chi connectivity index (χ3n) is 3.30. The molecule has 0 aliphatic carbocycles. The summed E-state index contributed by atoms with van der Waals surface area (Å²) >= 11 is 0. The molecule has 1 aromatic carbocycles. The SMILES string of the molecule is COc1cc(C(C)(C)C)cc(-c2cn[nH]c2N)c1OC. The van der Waals surface area contributed by atoms with Crippen LogP contribution >= 0.6 is 0 Å². The zero-order valence-electron chi connectivity index (χ0n) is 12.6. The molecule has 0 amide bonds. The second-order valence-corrected chi connectivity index (χ2v) is 5.71. The van der Waals surface area contributed by atoms with Crippen LogP contribution in [0.4, 0.5) is 5.82 Å². The molecule has 5 heteroatoms. The Labute approximate surface area is 119 Å². The van der Waals surface area contributed by atoms with Gasteiger partial charge in [0.05, 0.1) is 20.4 Å². The molecule has 0 bridgehead atoms. The van der Waals surface area contributed by atoms with Crippen molar-refractivity contribution < 1.29 is 9.47 Å². The number of H-pyrrole nitrogens is 1. The van der Waals surface area contributed by atoms with E-state index in [0.29, 0.717) is 17.3 Å². The van der Waals surface area contributed by atoms with Crippen molar-refractivity contribution in [2.75, 3.05) is 20.0 Å². The number of methoxy groups -OCH3 is 2. The Morgan fingerprint density at radius 3 is 2.25 bits per heavy atom. The van der Waals surface area contributed by atoms with E-state index in [2.05, 4.69) is 37.0 Å². The smallest absolute Gasteiger partial charge is 0.168 e. The van der Waals surface area contributed by atoms with Gasteiger partial charge in [-0.15, -0.1) is 0 Å². The van der Waals surface area contributed by atoms with Gasteiger partial charge in [-0.05, 0) is 23.1 Å². The predicted octanol–water partition coefficient (Wildman–Crippen LogP) is 2.97. The minimum atomic E-state index is -0.00714. The Morgan fingerprint density at radius 1 is 1.10 bits per heavy atom. The molecule has 0 fully saturated rings. The van der Waals surface area contributed by atoms with Gasteiger partial charge >= 0.3 is 0 Å². The van der Waals surface area contributed by atoms with E-state index >= 15 is 0 Å². The number of nitrogen functional groups attached to an aromatic ring is 1. The van der Waals surface area contributed by atoms with E-state index < -0.39 is 0 Å². The minimum absolute atomic E-state index is 0.00714. The highest BCUT2D eigenvalue weighted by atomic mass is 16.5. The maximum Gasteiger partial charge on any atom is 0.168 e. The van der Waals surface area contributed by atoms with E-state index in [1.54, 1.807) is 20.4 Å². The molecule has 5 nitrogen and oxygen atoms in total. The van der Waals surface area contributed by atoms with Crippen molar-refractivity contribution in [2.24, 2.45) is 0 Å². The standard InChI is InChI=1S/C15H21N3O2/c1-15(2,3)9-6-10(11-8-17-18-14(11)16)13(20-5)12(7-9)19-4/h6-8H,1-5H3,(H3,16,17,18). The van der Waals surface area contributed by atoms with Crippen LogP contribution in [0.1, 0.15) is 26.3 Å². The van der Waals surface area contributed by atoms with Crippen LogP contribution in [0.25, 0.3) is 11.1 Å². The lowest BCUT2D eigenvalue weighted by molar-refractivity contribution is 0.355. The molecule has 0 aliphatic rings. The zero-order chi connectivity index (χ0) is 14.9. The van der Waals surface area contributed by atoms with E-state index in [4.69, 9.17) is 15.2 Å². The van der Waals surface area contributed by atoms with Gasteiger partial charge in [-0.2, -0.15) is 5.10 Å². The molecule has 2 aromatic rings. The molecule has 2 rings (SSSR count). The first kappa shape index (κ1) is 14.2. The second kappa shape index (κ2) is 5.07. The van der Waals surface area contributed by atoms with E-state index in [0.717, 1.165) is 16.7 Å². The third kappa shape index (κ3) is 2.43. The fraction of sp³-hybridized carbons (Fsp3) is 0.400. The van der Waals surface area contributed by atoms with Gasteiger partial charge in [0.25, 0.3) is 0 Å². The van der Waals surface area contributed by atoms with Crippen LogP contribution in [0.3, 0.4) is 0 Å². The van der Waals surface area contributed by atoms with Gasteiger partial charge in [0.2, 0.25) is 0 Å². The van der Waals surface area contributed by atoms with Gasteiger partial charge in [-0.25, -0.2) is 0 Å². The number of aromatic nitrogens is 2. The molecule has 0 aliphatic heterocycles. The first-order chi connectivity index (χ1) is 9.38. The Balaban J connectivity index is 2.74. The number of aromatic amines is 1. The molecule has 1 heterocycles. The van der Waals surface area contributed by atoms with Gasteiger partial charge in [-0.1, -0.05) is 20.8 Å². The highest BCUT2D eigenvalue weighted by Crippen LogP contribution is 2.43. The zero-order valence-corrected chi connectivity index (χ0v) is 12.6.